The molecule has 3 aromatic rings. The lowest BCUT2D eigenvalue weighted by atomic mass is 10.1. The summed E-state index contributed by atoms with van der Waals surface area (Å²) < 4.78 is 12.4. The zero-order valence-corrected chi connectivity index (χ0v) is 15.7. The van der Waals surface area contributed by atoms with Crippen molar-refractivity contribution >= 4 is 22.7 Å². The molecule has 1 heterocycles. The topological polar surface area (TPSA) is 76.3 Å². The second kappa shape index (κ2) is 7.42. The predicted molar refractivity (Wildman–Crippen MR) is 105 cm³/mol. The lowest BCUT2D eigenvalue weighted by Crippen LogP contribution is -2.17. The molecule has 0 bridgehead atoms. The van der Waals surface area contributed by atoms with Crippen molar-refractivity contribution in [2.75, 3.05) is 12.4 Å². The van der Waals surface area contributed by atoms with Crippen LogP contribution in [0.5, 0.6) is 5.75 Å². The third-order valence-electron chi connectivity index (χ3n) is 4.27. The van der Waals surface area contributed by atoms with Crippen molar-refractivity contribution in [1.29, 1.82) is 5.26 Å². The summed E-state index contributed by atoms with van der Waals surface area (Å²) in [5.74, 6) is 0.738. The van der Waals surface area contributed by atoms with Crippen LogP contribution in [0.3, 0.4) is 0 Å². The van der Waals surface area contributed by atoms with Crippen LogP contribution in [0.2, 0.25) is 0 Å². The Kier molecular flexibility index (Phi) is 5.04. The number of nitriles is 1. The number of hydrogen-bond donors (Lipinski definition) is 1. The molecule has 0 aliphatic heterocycles. The van der Waals surface area contributed by atoms with Gasteiger partial charge >= 0.3 is 6.09 Å². The minimum Gasteiger partial charge on any atom is -0.497 e. The Hall–Kier alpha value is -3.46. The minimum absolute atomic E-state index is 0.185. The van der Waals surface area contributed by atoms with Crippen molar-refractivity contribution in [2.24, 2.45) is 7.05 Å². The molecule has 0 radical (unpaired) electrons. The lowest BCUT2D eigenvalue weighted by molar-refractivity contribution is 0.130. The van der Waals surface area contributed by atoms with Crippen LogP contribution in [0, 0.1) is 11.3 Å². The van der Waals surface area contributed by atoms with Crippen molar-refractivity contribution in [1.82, 2.24) is 4.57 Å². The van der Waals surface area contributed by atoms with Crippen LogP contribution < -0.4 is 10.1 Å². The van der Waals surface area contributed by atoms with Gasteiger partial charge < -0.3 is 14.0 Å². The van der Waals surface area contributed by atoms with E-state index in [1.807, 2.05) is 41.9 Å². The van der Waals surface area contributed by atoms with Crippen molar-refractivity contribution in [3.63, 3.8) is 0 Å². The van der Waals surface area contributed by atoms with E-state index in [1.54, 1.807) is 33.1 Å². The van der Waals surface area contributed by atoms with Gasteiger partial charge in [0.15, 0.2) is 0 Å². The summed E-state index contributed by atoms with van der Waals surface area (Å²) in [6.45, 7) is 3.59. The highest BCUT2D eigenvalue weighted by atomic mass is 16.6. The molecule has 0 aliphatic rings. The largest absolute Gasteiger partial charge is 0.497 e. The van der Waals surface area contributed by atoms with E-state index in [2.05, 4.69) is 11.4 Å². The molecule has 27 heavy (non-hydrogen) atoms. The molecule has 1 N–H and O–H groups in total. The van der Waals surface area contributed by atoms with Crippen LogP contribution in [0.1, 0.15) is 19.4 Å². The van der Waals surface area contributed by atoms with E-state index in [0.29, 0.717) is 11.3 Å². The van der Waals surface area contributed by atoms with E-state index in [-0.39, 0.29) is 6.10 Å². The normalized spacial score (nSPS) is 10.7. The van der Waals surface area contributed by atoms with Gasteiger partial charge in [0.25, 0.3) is 0 Å². The summed E-state index contributed by atoms with van der Waals surface area (Å²) >= 11 is 0. The molecular weight excluding hydrogens is 342 g/mol. The number of fused-ring (bicyclic) bond motifs is 1. The number of benzene rings is 2. The fourth-order valence-electron chi connectivity index (χ4n) is 3.07. The third kappa shape index (κ3) is 3.58. The molecule has 0 aliphatic carbocycles. The highest BCUT2D eigenvalue weighted by Gasteiger charge is 2.17. The zero-order chi connectivity index (χ0) is 19.6. The first kappa shape index (κ1) is 18.3. The van der Waals surface area contributed by atoms with Gasteiger partial charge in [-0.15, -0.1) is 0 Å². The van der Waals surface area contributed by atoms with Gasteiger partial charge in [0.05, 0.1) is 30.0 Å². The predicted octanol–water partition coefficient (Wildman–Crippen LogP) is 4.68. The number of amides is 1. The third-order valence-corrected chi connectivity index (χ3v) is 4.27. The van der Waals surface area contributed by atoms with E-state index in [0.717, 1.165) is 27.9 Å². The highest BCUT2D eigenvalue weighted by molar-refractivity contribution is 5.95. The number of nitrogens with one attached hydrogen (secondary N) is 1. The van der Waals surface area contributed by atoms with Gasteiger partial charge in [-0.2, -0.15) is 5.26 Å². The molecule has 1 aromatic heterocycles. The first-order valence-corrected chi connectivity index (χ1v) is 8.59. The van der Waals surface area contributed by atoms with Crippen LogP contribution in [0.4, 0.5) is 10.5 Å². The number of methoxy groups -OCH3 is 1. The van der Waals surface area contributed by atoms with Crippen LogP contribution in [-0.4, -0.2) is 23.9 Å². The molecule has 0 saturated heterocycles. The first-order valence-electron chi connectivity index (χ1n) is 8.59. The van der Waals surface area contributed by atoms with Crippen molar-refractivity contribution in [3.8, 4) is 23.1 Å². The summed E-state index contributed by atoms with van der Waals surface area (Å²) in [5.41, 5.74) is 3.85. The monoisotopic (exact) mass is 363 g/mol. The SMILES string of the molecule is COc1ccc2c(C#N)c(-c3ccc(NC(=O)OC(C)C)cc3)n(C)c2c1. The summed E-state index contributed by atoms with van der Waals surface area (Å²) in [6, 6.07) is 15.3. The molecule has 6 heteroatoms. The van der Waals surface area contributed by atoms with Crippen LogP contribution in [0.25, 0.3) is 22.2 Å². The summed E-state index contributed by atoms with van der Waals surface area (Å²) in [6.07, 6.45) is -0.678. The Morgan fingerprint density at radius 1 is 1.19 bits per heavy atom. The van der Waals surface area contributed by atoms with Gasteiger partial charge in [0, 0.05) is 24.2 Å². The van der Waals surface area contributed by atoms with E-state index in [4.69, 9.17) is 9.47 Å². The maximum atomic E-state index is 11.7. The second-order valence-electron chi connectivity index (χ2n) is 6.43. The standard InChI is InChI=1S/C21H21N3O3/c1-13(2)27-21(25)23-15-7-5-14(6-8-15)20-18(12-22)17-10-9-16(26-4)11-19(17)24(20)3/h5-11,13H,1-4H3,(H,23,25). The summed E-state index contributed by atoms with van der Waals surface area (Å²) in [7, 11) is 3.54. The molecule has 6 nitrogen and oxygen atoms in total. The maximum absolute atomic E-state index is 11.7. The van der Waals surface area contributed by atoms with Crippen molar-refractivity contribution in [2.45, 2.75) is 20.0 Å². The van der Waals surface area contributed by atoms with Crippen molar-refractivity contribution < 1.29 is 14.3 Å². The molecule has 2 aromatic carbocycles. The molecule has 0 atom stereocenters. The average Bonchev–Trinajstić information content (AvgIpc) is 2.93. The average molecular weight is 363 g/mol. The van der Waals surface area contributed by atoms with Gasteiger partial charge in [-0.3, -0.25) is 5.32 Å². The van der Waals surface area contributed by atoms with Crippen LogP contribution in [-0.2, 0) is 11.8 Å². The number of carbonyl (C=O) groups excluding carboxylic acids is 1. The quantitative estimate of drug-likeness (QED) is 0.730. The number of nitrogens with zero attached hydrogens (tertiary/aromatic N) is 2. The molecule has 0 fully saturated rings. The van der Waals surface area contributed by atoms with Gasteiger partial charge in [-0.05, 0) is 43.7 Å². The number of hydrogen-bond acceptors (Lipinski definition) is 4. The van der Waals surface area contributed by atoms with Gasteiger partial charge in [-0.1, -0.05) is 12.1 Å². The van der Waals surface area contributed by atoms with Gasteiger partial charge in [-0.25, -0.2) is 4.79 Å². The maximum Gasteiger partial charge on any atom is 0.411 e. The van der Waals surface area contributed by atoms with E-state index >= 15 is 0 Å². The molecule has 1 amide bonds. The highest BCUT2D eigenvalue weighted by Crippen LogP contribution is 2.34. The summed E-state index contributed by atoms with van der Waals surface area (Å²) in [4.78, 5) is 11.7. The van der Waals surface area contributed by atoms with Crippen LogP contribution in [0.15, 0.2) is 42.5 Å². The molecular formula is C21H21N3O3. The van der Waals surface area contributed by atoms with E-state index < -0.39 is 6.09 Å². The van der Waals surface area contributed by atoms with Crippen LogP contribution >= 0.6 is 0 Å². The Bertz CT molecular complexity index is 1030. The Balaban J connectivity index is 1.99. The Morgan fingerprint density at radius 2 is 1.89 bits per heavy atom. The first-order chi connectivity index (χ1) is 12.9. The minimum atomic E-state index is -0.493. The smallest absolute Gasteiger partial charge is 0.411 e. The molecule has 3 rings (SSSR count). The van der Waals surface area contributed by atoms with Crippen molar-refractivity contribution in [3.05, 3.63) is 48.0 Å². The number of anilines is 1. The fourth-order valence-corrected chi connectivity index (χ4v) is 3.07. The van der Waals surface area contributed by atoms with E-state index in [1.165, 1.54) is 0 Å². The Morgan fingerprint density at radius 3 is 2.48 bits per heavy atom. The molecule has 138 valence electrons. The van der Waals surface area contributed by atoms with Gasteiger partial charge in [0.2, 0.25) is 0 Å². The summed E-state index contributed by atoms with van der Waals surface area (Å²) in [5, 5.41) is 13.3. The number of carbonyl (C=O) groups is 1. The zero-order valence-electron chi connectivity index (χ0n) is 15.7. The number of aryl methyl sites for hydroxylation is 1. The molecule has 0 saturated carbocycles. The number of ether oxygens (including phenoxy) is 2. The Labute approximate surface area is 157 Å². The number of rotatable bonds is 4. The fraction of sp³-hybridized carbons (Fsp3) is 0.238. The lowest BCUT2D eigenvalue weighted by Gasteiger charge is -2.10. The van der Waals surface area contributed by atoms with Gasteiger partial charge in [0.1, 0.15) is 11.8 Å². The molecule has 0 unspecified atom stereocenters. The molecule has 0 spiro atoms. The number of aromatic nitrogens is 1. The van der Waals surface area contributed by atoms with E-state index in [9.17, 15) is 10.1 Å². The second-order valence-corrected chi connectivity index (χ2v) is 6.43.